The molecular weight excluding hydrogens is 554 g/mol. The van der Waals surface area contributed by atoms with Crippen LogP contribution in [0.4, 0.5) is 0 Å². The van der Waals surface area contributed by atoms with Gasteiger partial charge in [-0.15, -0.1) is 0 Å². The van der Waals surface area contributed by atoms with Crippen LogP contribution in [0.1, 0.15) is 31.9 Å². The Kier molecular flexibility index (Phi) is 10.1. The molecule has 0 fully saturated rings. The zero-order chi connectivity index (χ0) is 27.2. The number of nitrogens with one attached hydrogen (secondary N) is 1. The van der Waals surface area contributed by atoms with E-state index in [0.717, 1.165) is 5.56 Å². The van der Waals surface area contributed by atoms with Crippen molar-refractivity contribution < 1.29 is 14.3 Å². The number of carbonyl (C=O) groups is 2. The van der Waals surface area contributed by atoms with E-state index in [2.05, 4.69) is 5.32 Å². The fourth-order valence-corrected chi connectivity index (χ4v) is 4.59. The number of benzene rings is 3. The topological polar surface area (TPSA) is 58.6 Å². The van der Waals surface area contributed by atoms with E-state index in [0.29, 0.717) is 32.8 Å². The van der Waals surface area contributed by atoms with Crippen LogP contribution < -0.4 is 10.1 Å². The summed E-state index contributed by atoms with van der Waals surface area (Å²) in [7, 11) is 0. The molecule has 0 aliphatic rings. The van der Waals surface area contributed by atoms with Gasteiger partial charge in [0.1, 0.15) is 11.8 Å². The van der Waals surface area contributed by atoms with Crippen molar-refractivity contribution in [1.82, 2.24) is 10.2 Å². The minimum absolute atomic E-state index is 0.0710. The Morgan fingerprint density at radius 1 is 0.892 bits per heavy atom. The first-order valence-corrected chi connectivity index (χ1v) is 13.1. The van der Waals surface area contributed by atoms with E-state index in [1.807, 2.05) is 51.1 Å². The van der Waals surface area contributed by atoms with Gasteiger partial charge in [0, 0.05) is 33.6 Å². The molecular formula is C28H28Cl4N2O3. The van der Waals surface area contributed by atoms with Crippen LogP contribution in [0.25, 0.3) is 0 Å². The Hall–Kier alpha value is -2.44. The predicted molar refractivity (Wildman–Crippen MR) is 151 cm³/mol. The third kappa shape index (κ3) is 8.82. The van der Waals surface area contributed by atoms with Gasteiger partial charge in [0.15, 0.2) is 6.61 Å². The summed E-state index contributed by atoms with van der Waals surface area (Å²) < 4.78 is 5.74. The first-order valence-electron chi connectivity index (χ1n) is 11.6. The molecule has 1 atom stereocenters. The van der Waals surface area contributed by atoms with Crippen LogP contribution in [0.3, 0.4) is 0 Å². The van der Waals surface area contributed by atoms with Gasteiger partial charge in [-0.3, -0.25) is 9.59 Å². The Labute approximate surface area is 237 Å². The molecule has 0 aliphatic carbocycles. The normalized spacial score (nSPS) is 12.1. The highest BCUT2D eigenvalue weighted by Gasteiger charge is 2.33. The molecule has 0 radical (unpaired) electrons. The summed E-state index contributed by atoms with van der Waals surface area (Å²) in [5.41, 5.74) is 1.04. The van der Waals surface area contributed by atoms with E-state index in [-0.39, 0.29) is 24.1 Å². The van der Waals surface area contributed by atoms with Crippen LogP contribution in [0.2, 0.25) is 20.1 Å². The molecule has 37 heavy (non-hydrogen) atoms. The van der Waals surface area contributed by atoms with E-state index in [1.54, 1.807) is 30.3 Å². The van der Waals surface area contributed by atoms with Gasteiger partial charge in [0.2, 0.25) is 5.91 Å². The molecule has 9 heteroatoms. The summed E-state index contributed by atoms with van der Waals surface area (Å²) in [6, 6.07) is 18.4. The van der Waals surface area contributed by atoms with Crippen LogP contribution in [-0.4, -0.2) is 34.9 Å². The molecule has 1 N–H and O–H groups in total. The second-order valence-electron chi connectivity index (χ2n) is 9.57. The fourth-order valence-electron chi connectivity index (χ4n) is 3.65. The summed E-state index contributed by atoms with van der Waals surface area (Å²) in [6.45, 7) is 5.39. The maximum Gasteiger partial charge on any atom is 0.261 e. The van der Waals surface area contributed by atoms with Crippen molar-refractivity contribution in [2.75, 3.05) is 6.61 Å². The van der Waals surface area contributed by atoms with Crippen molar-refractivity contribution >= 4 is 58.2 Å². The molecule has 3 aromatic carbocycles. The molecule has 0 heterocycles. The molecule has 0 aliphatic heterocycles. The number of nitrogens with zero attached hydrogens (tertiary/aromatic N) is 1. The van der Waals surface area contributed by atoms with E-state index in [4.69, 9.17) is 51.1 Å². The van der Waals surface area contributed by atoms with Crippen molar-refractivity contribution in [2.45, 2.75) is 45.3 Å². The first-order chi connectivity index (χ1) is 17.4. The summed E-state index contributed by atoms with van der Waals surface area (Å²) >= 11 is 24.7. The number of hydrogen-bond acceptors (Lipinski definition) is 3. The summed E-state index contributed by atoms with van der Waals surface area (Å²) in [6.07, 6.45) is 0.293. The Morgan fingerprint density at radius 2 is 1.51 bits per heavy atom. The molecule has 0 spiro atoms. The van der Waals surface area contributed by atoms with Gasteiger partial charge >= 0.3 is 0 Å². The first kappa shape index (κ1) is 29.1. The molecule has 196 valence electrons. The van der Waals surface area contributed by atoms with E-state index >= 15 is 0 Å². The number of rotatable bonds is 9. The van der Waals surface area contributed by atoms with Gasteiger partial charge in [0.25, 0.3) is 5.91 Å². The monoisotopic (exact) mass is 580 g/mol. The molecule has 0 unspecified atom stereocenters. The maximum absolute atomic E-state index is 13.7. The quantitative estimate of drug-likeness (QED) is 0.290. The van der Waals surface area contributed by atoms with Crippen molar-refractivity contribution in [1.29, 1.82) is 0 Å². The summed E-state index contributed by atoms with van der Waals surface area (Å²) in [5.74, 6) is -0.399. The van der Waals surface area contributed by atoms with Crippen LogP contribution in [-0.2, 0) is 22.6 Å². The van der Waals surface area contributed by atoms with Gasteiger partial charge in [-0.25, -0.2) is 0 Å². The highest BCUT2D eigenvalue weighted by molar-refractivity contribution is 6.35. The molecule has 3 rings (SSSR count). The second kappa shape index (κ2) is 12.9. The van der Waals surface area contributed by atoms with Crippen molar-refractivity contribution in [2.24, 2.45) is 0 Å². The van der Waals surface area contributed by atoms with Crippen LogP contribution in [0, 0.1) is 0 Å². The minimum Gasteiger partial charge on any atom is -0.482 e. The lowest BCUT2D eigenvalue weighted by Gasteiger charge is -2.34. The summed E-state index contributed by atoms with van der Waals surface area (Å²) in [5, 5.41) is 4.60. The Balaban J connectivity index is 1.97. The smallest absolute Gasteiger partial charge is 0.261 e. The second-order valence-corrected chi connectivity index (χ2v) is 11.3. The van der Waals surface area contributed by atoms with Crippen molar-refractivity contribution in [3.63, 3.8) is 0 Å². The third-order valence-electron chi connectivity index (χ3n) is 5.37. The standard InChI is InChI=1S/C28H28Cl4N2O3/c1-28(2,3)33-27(36)24(13-18-7-5-4-6-8-18)34(16-19-9-10-20(29)14-22(19)31)26(35)17-37-25-12-11-21(30)15-23(25)32/h4-12,14-15,24H,13,16-17H2,1-3H3,(H,33,36)/t24-/m0/s1. The molecule has 0 aromatic heterocycles. The molecule has 3 aromatic rings. The lowest BCUT2D eigenvalue weighted by atomic mass is 10.0. The predicted octanol–water partition coefficient (Wildman–Crippen LogP) is 7.23. The van der Waals surface area contributed by atoms with Gasteiger partial charge in [-0.2, -0.15) is 0 Å². The van der Waals surface area contributed by atoms with Crippen molar-refractivity contribution in [3.8, 4) is 5.75 Å². The van der Waals surface area contributed by atoms with Gasteiger partial charge in [-0.1, -0.05) is 82.8 Å². The zero-order valence-electron chi connectivity index (χ0n) is 20.7. The largest absolute Gasteiger partial charge is 0.482 e. The van der Waals surface area contributed by atoms with E-state index in [1.165, 1.54) is 11.0 Å². The lowest BCUT2D eigenvalue weighted by Crippen LogP contribution is -2.55. The summed E-state index contributed by atoms with van der Waals surface area (Å²) in [4.78, 5) is 28.7. The van der Waals surface area contributed by atoms with Gasteiger partial charge in [0.05, 0.1) is 5.02 Å². The Morgan fingerprint density at radius 3 is 2.11 bits per heavy atom. The SMILES string of the molecule is CC(C)(C)NC(=O)[C@H](Cc1ccccc1)N(Cc1ccc(Cl)cc1Cl)C(=O)COc1ccc(Cl)cc1Cl. The van der Waals surface area contributed by atoms with Gasteiger partial charge in [-0.05, 0) is 62.2 Å². The van der Waals surface area contributed by atoms with Crippen LogP contribution in [0.15, 0.2) is 66.7 Å². The molecule has 5 nitrogen and oxygen atoms in total. The fraction of sp³-hybridized carbons (Fsp3) is 0.286. The average molecular weight is 582 g/mol. The minimum atomic E-state index is -0.842. The van der Waals surface area contributed by atoms with Crippen molar-refractivity contribution in [3.05, 3.63) is 97.9 Å². The Bertz CT molecular complexity index is 1250. The molecule has 2 amide bonds. The third-order valence-corrected chi connectivity index (χ3v) is 6.49. The highest BCUT2D eigenvalue weighted by atomic mass is 35.5. The van der Waals surface area contributed by atoms with Crippen LogP contribution in [0.5, 0.6) is 5.75 Å². The molecule has 0 saturated carbocycles. The lowest BCUT2D eigenvalue weighted by molar-refractivity contribution is -0.143. The number of ether oxygens (including phenoxy) is 1. The van der Waals surface area contributed by atoms with E-state index < -0.39 is 17.5 Å². The highest BCUT2D eigenvalue weighted by Crippen LogP contribution is 2.28. The maximum atomic E-state index is 13.7. The number of amides is 2. The molecule has 0 bridgehead atoms. The number of halogens is 4. The number of carbonyl (C=O) groups excluding carboxylic acids is 2. The van der Waals surface area contributed by atoms with E-state index in [9.17, 15) is 9.59 Å². The van der Waals surface area contributed by atoms with Crippen LogP contribution >= 0.6 is 46.4 Å². The zero-order valence-corrected chi connectivity index (χ0v) is 23.8. The number of hydrogen-bond donors (Lipinski definition) is 1. The molecule has 0 saturated heterocycles. The average Bonchev–Trinajstić information content (AvgIpc) is 2.81. The van der Waals surface area contributed by atoms with Gasteiger partial charge < -0.3 is 15.0 Å².